The number of hydrogen-bond donors (Lipinski definition) is 0. The van der Waals surface area contributed by atoms with Crippen molar-refractivity contribution in [3.05, 3.63) is 47.0 Å². The van der Waals surface area contributed by atoms with Gasteiger partial charge in [0.15, 0.2) is 0 Å². The molecule has 0 amide bonds. The number of rotatable bonds is 3. The molecule has 0 fully saturated rings. The van der Waals surface area contributed by atoms with Crippen molar-refractivity contribution in [1.29, 1.82) is 0 Å². The summed E-state index contributed by atoms with van der Waals surface area (Å²) in [6, 6.07) is 5.04. The zero-order chi connectivity index (χ0) is 14.8. The van der Waals surface area contributed by atoms with Crippen LogP contribution in [0.15, 0.2) is 36.9 Å². The van der Waals surface area contributed by atoms with Gasteiger partial charge in [0, 0.05) is 10.0 Å². The maximum atomic E-state index is 5.97. The molecule has 4 nitrogen and oxygen atoms in total. The van der Waals surface area contributed by atoms with E-state index in [9.17, 15) is 0 Å². The Balaban J connectivity index is 2.36. The molecule has 2 aromatic rings. The molecule has 1 heterocycles. The molecule has 0 aliphatic rings. The van der Waals surface area contributed by atoms with Crippen LogP contribution in [0.3, 0.4) is 0 Å². The SMILES string of the molecule is CC(C)(C)/C=C(/Oc1cc(Cl)cc(Cl)c1)n1cncn1. The summed E-state index contributed by atoms with van der Waals surface area (Å²) in [5.74, 6) is 1.10. The van der Waals surface area contributed by atoms with Crippen molar-refractivity contribution in [3.8, 4) is 5.75 Å². The summed E-state index contributed by atoms with van der Waals surface area (Å²) >= 11 is 11.9. The molecule has 0 saturated heterocycles. The first kappa shape index (κ1) is 14.9. The number of aromatic nitrogens is 3. The van der Waals surface area contributed by atoms with E-state index in [1.165, 1.54) is 6.33 Å². The van der Waals surface area contributed by atoms with E-state index >= 15 is 0 Å². The third kappa shape index (κ3) is 4.25. The van der Waals surface area contributed by atoms with Gasteiger partial charge in [-0.2, -0.15) is 9.78 Å². The number of allylic oxidation sites excluding steroid dienone is 1. The van der Waals surface area contributed by atoms with Crippen molar-refractivity contribution >= 4 is 29.1 Å². The zero-order valence-electron chi connectivity index (χ0n) is 11.5. The molecular weight excluding hydrogens is 297 g/mol. The van der Waals surface area contributed by atoms with Crippen molar-refractivity contribution in [2.75, 3.05) is 0 Å². The lowest BCUT2D eigenvalue weighted by Crippen LogP contribution is -2.10. The second-order valence-corrected chi connectivity index (χ2v) is 6.27. The Morgan fingerprint density at radius 2 is 1.85 bits per heavy atom. The molecule has 2 rings (SSSR count). The first-order valence-electron chi connectivity index (χ1n) is 6.05. The summed E-state index contributed by atoms with van der Waals surface area (Å²) < 4.78 is 7.40. The topological polar surface area (TPSA) is 39.9 Å². The summed E-state index contributed by atoms with van der Waals surface area (Å²) in [6.07, 6.45) is 4.98. The largest absolute Gasteiger partial charge is 0.439 e. The van der Waals surface area contributed by atoms with Gasteiger partial charge in [0.05, 0.1) is 0 Å². The van der Waals surface area contributed by atoms with Crippen molar-refractivity contribution in [3.63, 3.8) is 0 Å². The number of halogens is 2. The van der Waals surface area contributed by atoms with Crippen LogP contribution in [0.25, 0.3) is 5.88 Å². The van der Waals surface area contributed by atoms with Crippen LogP contribution in [-0.2, 0) is 0 Å². The summed E-state index contributed by atoms with van der Waals surface area (Å²) in [4.78, 5) is 3.93. The second-order valence-electron chi connectivity index (χ2n) is 5.40. The first-order valence-corrected chi connectivity index (χ1v) is 6.81. The Morgan fingerprint density at radius 1 is 1.20 bits per heavy atom. The minimum atomic E-state index is -0.0797. The van der Waals surface area contributed by atoms with Gasteiger partial charge in [-0.05, 0) is 29.7 Å². The molecule has 6 heteroatoms. The number of nitrogens with zero attached hydrogens (tertiary/aromatic N) is 3. The van der Waals surface area contributed by atoms with Gasteiger partial charge in [-0.15, -0.1) is 0 Å². The maximum Gasteiger partial charge on any atom is 0.218 e. The summed E-state index contributed by atoms with van der Waals surface area (Å²) in [7, 11) is 0. The van der Waals surface area contributed by atoms with Gasteiger partial charge in [-0.1, -0.05) is 44.0 Å². The van der Waals surface area contributed by atoms with Crippen LogP contribution in [0, 0.1) is 5.41 Å². The van der Waals surface area contributed by atoms with Crippen LogP contribution in [0.2, 0.25) is 10.0 Å². The summed E-state index contributed by atoms with van der Waals surface area (Å²) in [5.41, 5.74) is -0.0797. The monoisotopic (exact) mass is 311 g/mol. The quantitative estimate of drug-likeness (QED) is 0.783. The van der Waals surface area contributed by atoms with Crippen molar-refractivity contribution in [2.45, 2.75) is 20.8 Å². The van der Waals surface area contributed by atoms with Gasteiger partial charge in [-0.25, -0.2) is 4.98 Å². The lowest BCUT2D eigenvalue weighted by Gasteiger charge is -2.17. The zero-order valence-corrected chi connectivity index (χ0v) is 13.0. The molecule has 0 spiro atoms. The number of benzene rings is 1. The second kappa shape index (κ2) is 5.85. The van der Waals surface area contributed by atoms with Crippen LogP contribution in [-0.4, -0.2) is 14.8 Å². The van der Waals surface area contributed by atoms with E-state index in [0.29, 0.717) is 21.7 Å². The average Bonchev–Trinajstić information content (AvgIpc) is 2.77. The van der Waals surface area contributed by atoms with E-state index in [4.69, 9.17) is 27.9 Å². The predicted molar refractivity (Wildman–Crippen MR) is 80.8 cm³/mol. The van der Waals surface area contributed by atoms with Gasteiger partial charge in [-0.3, -0.25) is 0 Å². The highest BCUT2D eigenvalue weighted by Crippen LogP contribution is 2.28. The fraction of sp³-hybridized carbons (Fsp3) is 0.286. The molecule has 0 saturated carbocycles. The van der Waals surface area contributed by atoms with Crippen LogP contribution < -0.4 is 4.74 Å². The van der Waals surface area contributed by atoms with Crippen molar-refractivity contribution in [2.24, 2.45) is 5.41 Å². The highest BCUT2D eigenvalue weighted by Gasteiger charge is 2.13. The molecule has 0 bridgehead atoms. The number of ether oxygens (including phenoxy) is 1. The molecule has 1 aromatic carbocycles. The fourth-order valence-corrected chi connectivity index (χ4v) is 2.05. The Morgan fingerprint density at radius 3 is 2.35 bits per heavy atom. The van der Waals surface area contributed by atoms with Crippen molar-refractivity contribution < 1.29 is 4.74 Å². The molecule has 0 aliphatic heterocycles. The minimum absolute atomic E-state index is 0.0797. The predicted octanol–water partition coefficient (Wildman–Crippen LogP) is 4.51. The molecule has 1 aromatic heterocycles. The molecule has 0 atom stereocenters. The van der Waals surface area contributed by atoms with Crippen LogP contribution in [0.4, 0.5) is 0 Å². The molecule has 0 aliphatic carbocycles. The van der Waals surface area contributed by atoms with Crippen molar-refractivity contribution in [1.82, 2.24) is 14.8 Å². The molecule has 0 N–H and O–H groups in total. The van der Waals surface area contributed by atoms with Crippen LogP contribution in [0.5, 0.6) is 5.75 Å². The number of hydrogen-bond acceptors (Lipinski definition) is 3. The molecule has 0 unspecified atom stereocenters. The Kier molecular flexibility index (Phi) is 4.35. The smallest absolute Gasteiger partial charge is 0.218 e. The summed E-state index contributed by atoms with van der Waals surface area (Å²) in [6.45, 7) is 6.20. The van der Waals surface area contributed by atoms with Crippen LogP contribution >= 0.6 is 23.2 Å². The Labute approximate surface area is 128 Å². The molecule has 106 valence electrons. The first-order chi connectivity index (χ1) is 9.33. The van der Waals surface area contributed by atoms with E-state index in [2.05, 4.69) is 30.9 Å². The molecule has 20 heavy (non-hydrogen) atoms. The third-order valence-corrected chi connectivity index (χ3v) is 2.70. The van der Waals surface area contributed by atoms with E-state index < -0.39 is 0 Å². The molecular formula is C14H15Cl2N3O. The van der Waals surface area contributed by atoms with Gasteiger partial charge in [0.25, 0.3) is 0 Å². The van der Waals surface area contributed by atoms with E-state index in [0.717, 1.165) is 0 Å². The Hall–Kier alpha value is -1.52. The van der Waals surface area contributed by atoms with Gasteiger partial charge < -0.3 is 4.74 Å². The standard InChI is InChI=1S/C14H15Cl2N3O/c1-14(2,3)7-13(19-9-17-8-18-19)20-12-5-10(15)4-11(16)6-12/h4-9H,1-3H3/b13-7+. The summed E-state index contributed by atoms with van der Waals surface area (Å²) in [5, 5.41) is 5.12. The van der Waals surface area contributed by atoms with Crippen LogP contribution in [0.1, 0.15) is 20.8 Å². The normalized spacial score (nSPS) is 12.6. The third-order valence-electron chi connectivity index (χ3n) is 2.26. The van der Waals surface area contributed by atoms with E-state index in [1.807, 2.05) is 6.08 Å². The lowest BCUT2D eigenvalue weighted by atomic mass is 9.97. The lowest BCUT2D eigenvalue weighted by molar-refractivity contribution is 0.443. The van der Waals surface area contributed by atoms with E-state index in [-0.39, 0.29) is 5.41 Å². The molecule has 0 radical (unpaired) electrons. The Bertz CT molecular complexity index is 596. The minimum Gasteiger partial charge on any atom is -0.439 e. The highest BCUT2D eigenvalue weighted by molar-refractivity contribution is 6.34. The van der Waals surface area contributed by atoms with E-state index in [1.54, 1.807) is 29.2 Å². The van der Waals surface area contributed by atoms with Gasteiger partial charge in [0.2, 0.25) is 5.88 Å². The van der Waals surface area contributed by atoms with Gasteiger partial charge in [0.1, 0.15) is 18.4 Å². The fourth-order valence-electron chi connectivity index (χ4n) is 1.54. The maximum absolute atomic E-state index is 5.97. The van der Waals surface area contributed by atoms with Gasteiger partial charge >= 0.3 is 0 Å². The highest BCUT2D eigenvalue weighted by atomic mass is 35.5. The average molecular weight is 312 g/mol.